The van der Waals surface area contributed by atoms with Crippen LogP contribution in [0.4, 0.5) is 4.39 Å². The first-order chi connectivity index (χ1) is 13.9. The summed E-state index contributed by atoms with van der Waals surface area (Å²) in [4.78, 5) is 22.3. The Hall–Kier alpha value is -2.05. The van der Waals surface area contributed by atoms with Gasteiger partial charge in [0, 0.05) is 41.2 Å². The van der Waals surface area contributed by atoms with Crippen LogP contribution in [0.2, 0.25) is 0 Å². The smallest absolute Gasteiger partial charge is 0.194 e. The van der Waals surface area contributed by atoms with Crippen LogP contribution in [0.25, 0.3) is 4.96 Å². The average Bonchev–Trinajstić information content (AvgIpc) is 3.24. The lowest BCUT2D eigenvalue weighted by atomic mass is 9.89. The number of likely N-dealkylation sites (tertiary alicyclic amines) is 1. The first-order valence-electron chi connectivity index (χ1n) is 10.4. The first-order valence-corrected chi connectivity index (χ1v) is 11.2. The summed E-state index contributed by atoms with van der Waals surface area (Å²) in [5, 5.41) is 0. The second kappa shape index (κ2) is 8.36. The van der Waals surface area contributed by atoms with Gasteiger partial charge in [-0.2, -0.15) is 0 Å². The minimum Gasteiger partial charge on any atom is -0.303 e. The van der Waals surface area contributed by atoms with Crippen molar-refractivity contribution in [3.05, 3.63) is 58.1 Å². The Kier molecular flexibility index (Phi) is 5.83. The molecule has 1 fully saturated rings. The molecule has 3 heterocycles. The Bertz CT molecular complexity index is 997. The minimum atomic E-state index is -0.299. The number of hydrogen-bond donors (Lipinski definition) is 0. The van der Waals surface area contributed by atoms with Crippen molar-refractivity contribution in [1.29, 1.82) is 0 Å². The molecular formula is C23H28FN3OS. The van der Waals surface area contributed by atoms with Crippen molar-refractivity contribution in [1.82, 2.24) is 14.3 Å². The molecule has 154 valence electrons. The van der Waals surface area contributed by atoms with Gasteiger partial charge in [0.1, 0.15) is 5.82 Å². The zero-order valence-corrected chi connectivity index (χ0v) is 18.1. The predicted molar refractivity (Wildman–Crippen MR) is 115 cm³/mol. The van der Waals surface area contributed by atoms with E-state index in [9.17, 15) is 9.18 Å². The highest BCUT2D eigenvalue weighted by Crippen LogP contribution is 2.27. The van der Waals surface area contributed by atoms with Crippen molar-refractivity contribution >= 4 is 22.1 Å². The third-order valence-electron chi connectivity index (χ3n) is 5.98. The summed E-state index contributed by atoms with van der Waals surface area (Å²) in [6.45, 7) is 9.40. The Labute approximate surface area is 175 Å². The molecule has 6 heteroatoms. The summed E-state index contributed by atoms with van der Waals surface area (Å²) in [7, 11) is 0. The summed E-state index contributed by atoms with van der Waals surface area (Å²) in [6.07, 6.45) is 4.93. The van der Waals surface area contributed by atoms with Crippen molar-refractivity contribution < 1.29 is 9.18 Å². The quantitative estimate of drug-likeness (QED) is 0.528. The fourth-order valence-corrected chi connectivity index (χ4v) is 5.12. The van der Waals surface area contributed by atoms with Gasteiger partial charge in [-0.05, 0) is 63.0 Å². The average molecular weight is 414 g/mol. The van der Waals surface area contributed by atoms with E-state index in [2.05, 4.69) is 36.3 Å². The number of benzene rings is 1. The number of ketones is 1. The maximum absolute atomic E-state index is 13.1. The first kappa shape index (κ1) is 20.2. The van der Waals surface area contributed by atoms with Gasteiger partial charge in [0.05, 0.1) is 5.69 Å². The van der Waals surface area contributed by atoms with E-state index < -0.39 is 0 Å². The second-order valence-electron chi connectivity index (χ2n) is 8.32. The molecular weight excluding hydrogens is 385 g/mol. The van der Waals surface area contributed by atoms with Gasteiger partial charge in [0.15, 0.2) is 10.7 Å². The predicted octanol–water partition coefficient (Wildman–Crippen LogP) is 5.10. The number of thiazole rings is 1. The maximum atomic E-state index is 13.1. The minimum absolute atomic E-state index is 0.0496. The van der Waals surface area contributed by atoms with Gasteiger partial charge in [0.25, 0.3) is 0 Å². The summed E-state index contributed by atoms with van der Waals surface area (Å²) in [6, 6.07) is 5.94. The number of imidazole rings is 1. The van der Waals surface area contributed by atoms with E-state index in [0.717, 1.165) is 49.6 Å². The van der Waals surface area contributed by atoms with Crippen LogP contribution in [0, 0.1) is 18.7 Å². The fourth-order valence-electron chi connectivity index (χ4n) is 4.12. The van der Waals surface area contributed by atoms with Crippen molar-refractivity contribution in [2.45, 2.75) is 46.0 Å². The van der Waals surface area contributed by atoms with E-state index in [1.54, 1.807) is 23.5 Å². The van der Waals surface area contributed by atoms with Crippen molar-refractivity contribution in [2.75, 3.05) is 19.6 Å². The largest absolute Gasteiger partial charge is 0.303 e. The molecule has 0 unspecified atom stereocenters. The van der Waals surface area contributed by atoms with Gasteiger partial charge in [-0.15, -0.1) is 11.3 Å². The molecule has 0 saturated carbocycles. The van der Waals surface area contributed by atoms with Crippen LogP contribution in [-0.4, -0.2) is 39.7 Å². The molecule has 3 aromatic rings. The second-order valence-corrected chi connectivity index (χ2v) is 9.50. The molecule has 4 nitrogen and oxygen atoms in total. The van der Waals surface area contributed by atoms with Crippen LogP contribution < -0.4 is 0 Å². The lowest BCUT2D eigenvalue weighted by molar-refractivity contribution is 0.0841. The Morgan fingerprint density at radius 2 is 1.93 bits per heavy atom. The summed E-state index contributed by atoms with van der Waals surface area (Å²) in [5.41, 5.74) is 3.13. The highest BCUT2D eigenvalue weighted by Gasteiger charge is 2.26. The third-order valence-corrected chi connectivity index (χ3v) is 6.99. The van der Waals surface area contributed by atoms with Gasteiger partial charge in [-0.3, -0.25) is 9.20 Å². The lowest BCUT2D eigenvalue weighted by Gasteiger charge is -2.31. The molecule has 1 aromatic carbocycles. The number of carbonyl (C=O) groups excluding carboxylic acids is 1. The SMILES string of the molecule is Cc1sc2nc(C(C)C)cn2c1CCN1CCC(C(=O)c2ccc(F)cc2)CC1. The summed E-state index contributed by atoms with van der Waals surface area (Å²) in [5.74, 6) is 0.341. The normalized spacial score (nSPS) is 16.2. The van der Waals surface area contributed by atoms with Gasteiger partial charge < -0.3 is 4.90 Å². The molecule has 1 aliphatic heterocycles. The molecule has 1 aliphatic rings. The number of aryl methyl sites for hydroxylation is 1. The fraction of sp³-hybridized carbons (Fsp3) is 0.478. The zero-order chi connectivity index (χ0) is 20.5. The zero-order valence-electron chi connectivity index (χ0n) is 17.3. The summed E-state index contributed by atoms with van der Waals surface area (Å²) >= 11 is 1.77. The molecule has 0 N–H and O–H groups in total. The molecule has 0 radical (unpaired) electrons. The molecule has 0 aliphatic carbocycles. The molecule has 4 rings (SSSR count). The molecule has 0 atom stereocenters. The van der Waals surface area contributed by atoms with Gasteiger partial charge in [-0.25, -0.2) is 9.37 Å². The van der Waals surface area contributed by atoms with Crippen molar-refractivity contribution in [3.8, 4) is 0 Å². The molecule has 0 bridgehead atoms. The Morgan fingerprint density at radius 1 is 1.24 bits per heavy atom. The van der Waals surface area contributed by atoms with Crippen molar-refractivity contribution in [3.63, 3.8) is 0 Å². The number of aromatic nitrogens is 2. The maximum Gasteiger partial charge on any atom is 0.194 e. The van der Waals surface area contributed by atoms with Gasteiger partial charge in [-0.1, -0.05) is 13.8 Å². The van der Waals surface area contributed by atoms with Crippen LogP contribution in [0.1, 0.15) is 59.2 Å². The molecule has 2 aromatic heterocycles. The third kappa shape index (κ3) is 4.28. The standard InChI is InChI=1S/C23H28FN3OS/c1-15(2)20-14-27-21(16(3)29-23(27)25-20)10-13-26-11-8-18(9-12-26)22(28)17-4-6-19(24)7-5-17/h4-7,14-15,18H,8-13H2,1-3H3. The monoisotopic (exact) mass is 413 g/mol. The van der Waals surface area contributed by atoms with Gasteiger partial charge >= 0.3 is 0 Å². The number of fused-ring (bicyclic) bond motifs is 1. The summed E-state index contributed by atoms with van der Waals surface area (Å²) < 4.78 is 15.4. The number of nitrogens with zero attached hydrogens (tertiary/aromatic N) is 3. The topological polar surface area (TPSA) is 37.6 Å². The van der Waals surface area contributed by atoms with Crippen LogP contribution in [0.3, 0.4) is 0 Å². The lowest BCUT2D eigenvalue weighted by Crippen LogP contribution is -2.37. The molecule has 0 spiro atoms. The van der Waals surface area contributed by atoms with Crippen LogP contribution in [-0.2, 0) is 6.42 Å². The van der Waals surface area contributed by atoms with Crippen LogP contribution in [0.5, 0.6) is 0 Å². The molecule has 29 heavy (non-hydrogen) atoms. The van der Waals surface area contributed by atoms with Crippen molar-refractivity contribution in [2.24, 2.45) is 5.92 Å². The number of Topliss-reactive ketones (excluding diaryl/α,β-unsaturated/α-hetero) is 1. The number of hydrogen-bond acceptors (Lipinski definition) is 4. The van der Waals surface area contributed by atoms with E-state index in [-0.39, 0.29) is 17.5 Å². The Morgan fingerprint density at radius 3 is 2.59 bits per heavy atom. The number of piperidine rings is 1. The number of carbonyl (C=O) groups is 1. The van der Waals surface area contributed by atoms with Gasteiger partial charge in [0.2, 0.25) is 0 Å². The van der Waals surface area contributed by atoms with Crippen LogP contribution in [0.15, 0.2) is 30.5 Å². The molecule has 0 amide bonds. The van der Waals surface area contributed by atoms with E-state index in [1.807, 2.05) is 0 Å². The Balaban J connectivity index is 1.34. The number of rotatable bonds is 6. The van der Waals surface area contributed by atoms with E-state index in [1.165, 1.54) is 22.7 Å². The van der Waals surface area contributed by atoms with E-state index in [4.69, 9.17) is 4.98 Å². The highest BCUT2D eigenvalue weighted by atomic mass is 32.1. The number of halogens is 1. The molecule has 1 saturated heterocycles. The van der Waals surface area contributed by atoms with E-state index >= 15 is 0 Å². The van der Waals surface area contributed by atoms with Crippen LogP contribution >= 0.6 is 11.3 Å². The highest BCUT2D eigenvalue weighted by molar-refractivity contribution is 7.17. The van der Waals surface area contributed by atoms with E-state index in [0.29, 0.717) is 11.5 Å².